The normalized spacial score (nSPS) is 13.9. The van der Waals surface area contributed by atoms with Gasteiger partial charge in [0.15, 0.2) is 5.82 Å². The lowest BCUT2D eigenvalue weighted by molar-refractivity contribution is -0.116. The van der Waals surface area contributed by atoms with E-state index in [4.69, 9.17) is 4.52 Å². The number of aryl methyl sites for hydroxylation is 2. The number of amides is 1. The number of rotatable bonds is 5. The van der Waals surface area contributed by atoms with Crippen molar-refractivity contribution < 1.29 is 9.32 Å². The zero-order valence-electron chi connectivity index (χ0n) is 16.0. The van der Waals surface area contributed by atoms with Crippen LogP contribution >= 0.6 is 0 Å². The van der Waals surface area contributed by atoms with Crippen LogP contribution in [0.1, 0.15) is 24.6 Å². The summed E-state index contributed by atoms with van der Waals surface area (Å²) in [6.07, 6.45) is 3.70. The average molecular weight is 393 g/mol. The van der Waals surface area contributed by atoms with Gasteiger partial charge in [0, 0.05) is 20.0 Å². The van der Waals surface area contributed by atoms with Crippen molar-refractivity contribution in [3.05, 3.63) is 46.8 Å². The van der Waals surface area contributed by atoms with Crippen molar-refractivity contribution in [3.8, 4) is 11.5 Å². The van der Waals surface area contributed by atoms with Gasteiger partial charge in [-0.1, -0.05) is 17.3 Å². The predicted octanol–water partition coefficient (Wildman–Crippen LogP) is 1.64. The van der Waals surface area contributed by atoms with Crippen LogP contribution in [0.15, 0.2) is 39.8 Å². The monoisotopic (exact) mass is 393 g/mol. The first-order chi connectivity index (χ1) is 14.0. The number of anilines is 1. The first-order valence-corrected chi connectivity index (χ1v) is 9.33. The maximum Gasteiger partial charge on any atom is 0.329 e. The standard InChI is InChI=1S/C19H19N7O3/c1-24-13-5-3-4-6-14(13)26(19(24)28)10-15(27)21-17-12(9-20-25(17)2)18-22-16(23-29-18)11-7-8-11/h3-6,9,11H,7-8,10H2,1-2H3,(H,21,27). The van der Waals surface area contributed by atoms with Crippen LogP contribution in [0.3, 0.4) is 0 Å². The highest BCUT2D eigenvalue weighted by Crippen LogP contribution is 2.39. The summed E-state index contributed by atoms with van der Waals surface area (Å²) >= 11 is 0. The number of carbonyl (C=O) groups excluding carboxylic acids is 1. The van der Waals surface area contributed by atoms with Crippen LogP contribution in [-0.2, 0) is 25.4 Å². The third-order valence-corrected chi connectivity index (χ3v) is 5.16. The Morgan fingerprint density at radius 1 is 1.24 bits per heavy atom. The summed E-state index contributed by atoms with van der Waals surface area (Å²) in [7, 11) is 3.40. The molecule has 0 radical (unpaired) electrons. The van der Waals surface area contributed by atoms with Crippen molar-refractivity contribution in [2.75, 3.05) is 5.32 Å². The molecule has 3 heterocycles. The van der Waals surface area contributed by atoms with Gasteiger partial charge in [0.05, 0.1) is 17.2 Å². The molecule has 5 rings (SSSR count). The van der Waals surface area contributed by atoms with E-state index in [0.29, 0.717) is 34.5 Å². The maximum absolute atomic E-state index is 12.8. The summed E-state index contributed by atoms with van der Waals surface area (Å²) in [5, 5.41) is 11.0. The van der Waals surface area contributed by atoms with Gasteiger partial charge >= 0.3 is 5.69 Å². The second-order valence-electron chi connectivity index (χ2n) is 7.23. The first kappa shape index (κ1) is 17.4. The molecular formula is C19H19N7O3. The second-order valence-corrected chi connectivity index (χ2v) is 7.23. The average Bonchev–Trinajstić information content (AvgIpc) is 3.28. The number of para-hydroxylation sites is 2. The van der Waals surface area contributed by atoms with Crippen LogP contribution in [-0.4, -0.2) is 35.0 Å². The highest BCUT2D eigenvalue weighted by atomic mass is 16.5. The molecule has 0 unspecified atom stereocenters. The molecule has 1 aromatic carbocycles. The molecule has 10 heteroatoms. The van der Waals surface area contributed by atoms with Gasteiger partial charge in [-0.25, -0.2) is 4.79 Å². The number of hydrogen-bond acceptors (Lipinski definition) is 6. The van der Waals surface area contributed by atoms with E-state index in [2.05, 4.69) is 20.6 Å². The van der Waals surface area contributed by atoms with Crippen molar-refractivity contribution in [1.82, 2.24) is 29.1 Å². The minimum Gasteiger partial charge on any atom is -0.334 e. The Labute approximate surface area is 164 Å². The highest BCUT2D eigenvalue weighted by molar-refractivity contribution is 5.94. The summed E-state index contributed by atoms with van der Waals surface area (Å²) < 4.78 is 9.86. The zero-order valence-corrected chi connectivity index (χ0v) is 16.0. The van der Waals surface area contributed by atoms with Gasteiger partial charge in [0.2, 0.25) is 5.91 Å². The Hall–Kier alpha value is -3.69. The first-order valence-electron chi connectivity index (χ1n) is 9.33. The molecule has 1 fully saturated rings. The molecule has 1 aliphatic carbocycles. The number of fused-ring (bicyclic) bond motifs is 1. The van der Waals surface area contributed by atoms with Crippen LogP contribution in [0.25, 0.3) is 22.5 Å². The van der Waals surface area contributed by atoms with Gasteiger partial charge in [-0.05, 0) is 25.0 Å². The smallest absolute Gasteiger partial charge is 0.329 e. The summed E-state index contributed by atoms with van der Waals surface area (Å²) in [4.78, 5) is 29.7. The minimum absolute atomic E-state index is 0.123. The van der Waals surface area contributed by atoms with Gasteiger partial charge in [-0.2, -0.15) is 10.1 Å². The Morgan fingerprint density at radius 2 is 2.00 bits per heavy atom. The molecule has 1 saturated carbocycles. The van der Waals surface area contributed by atoms with E-state index in [-0.39, 0.29) is 18.1 Å². The third kappa shape index (κ3) is 2.93. The molecule has 1 N–H and O–H groups in total. The fourth-order valence-electron chi connectivity index (χ4n) is 3.43. The molecule has 148 valence electrons. The Balaban J connectivity index is 1.43. The lowest BCUT2D eigenvalue weighted by Crippen LogP contribution is -2.29. The molecule has 0 atom stereocenters. The van der Waals surface area contributed by atoms with E-state index in [1.54, 1.807) is 20.3 Å². The van der Waals surface area contributed by atoms with E-state index in [0.717, 1.165) is 18.4 Å². The number of nitrogens with zero attached hydrogens (tertiary/aromatic N) is 6. The van der Waals surface area contributed by atoms with E-state index < -0.39 is 0 Å². The molecule has 1 aliphatic rings. The van der Waals surface area contributed by atoms with Crippen LogP contribution in [0, 0.1) is 0 Å². The van der Waals surface area contributed by atoms with Gasteiger partial charge < -0.3 is 9.84 Å². The Bertz CT molecular complexity index is 1290. The molecule has 10 nitrogen and oxygen atoms in total. The molecule has 3 aromatic heterocycles. The maximum atomic E-state index is 12.8. The van der Waals surface area contributed by atoms with Crippen LogP contribution < -0.4 is 11.0 Å². The summed E-state index contributed by atoms with van der Waals surface area (Å²) in [6.45, 7) is -0.123. The van der Waals surface area contributed by atoms with E-state index in [1.807, 2.05) is 24.3 Å². The number of aromatic nitrogens is 6. The van der Waals surface area contributed by atoms with Gasteiger partial charge in [0.25, 0.3) is 5.89 Å². The summed E-state index contributed by atoms with van der Waals surface area (Å²) in [5.74, 6) is 1.45. The van der Waals surface area contributed by atoms with Crippen molar-refractivity contribution in [2.24, 2.45) is 14.1 Å². The number of benzene rings is 1. The third-order valence-electron chi connectivity index (χ3n) is 5.16. The topological polar surface area (TPSA) is 113 Å². The largest absolute Gasteiger partial charge is 0.334 e. The van der Waals surface area contributed by atoms with E-state index >= 15 is 0 Å². The van der Waals surface area contributed by atoms with Crippen LogP contribution in [0.4, 0.5) is 5.82 Å². The van der Waals surface area contributed by atoms with E-state index in [1.165, 1.54) is 13.8 Å². The fourth-order valence-corrected chi connectivity index (χ4v) is 3.43. The summed E-state index contributed by atoms with van der Waals surface area (Å²) in [5.41, 5.74) is 1.76. The lowest BCUT2D eigenvalue weighted by Gasteiger charge is -2.08. The number of hydrogen-bond donors (Lipinski definition) is 1. The molecule has 0 aliphatic heterocycles. The number of carbonyl (C=O) groups is 1. The fraction of sp³-hybridized carbons (Fsp3) is 0.316. The van der Waals surface area contributed by atoms with Crippen molar-refractivity contribution >= 4 is 22.8 Å². The Morgan fingerprint density at radius 3 is 2.76 bits per heavy atom. The number of nitrogens with one attached hydrogen (secondary N) is 1. The molecular weight excluding hydrogens is 374 g/mol. The predicted molar refractivity (Wildman–Crippen MR) is 104 cm³/mol. The van der Waals surface area contributed by atoms with Crippen LogP contribution in [0.2, 0.25) is 0 Å². The quantitative estimate of drug-likeness (QED) is 0.552. The molecule has 0 spiro atoms. The minimum atomic E-state index is -0.352. The van der Waals surface area contributed by atoms with Crippen molar-refractivity contribution in [1.29, 1.82) is 0 Å². The lowest BCUT2D eigenvalue weighted by atomic mass is 10.3. The Kier molecular flexibility index (Phi) is 3.86. The van der Waals surface area contributed by atoms with Crippen molar-refractivity contribution in [2.45, 2.75) is 25.3 Å². The molecule has 0 saturated heterocycles. The number of imidazole rings is 1. The highest BCUT2D eigenvalue weighted by Gasteiger charge is 2.30. The van der Waals surface area contributed by atoms with Gasteiger partial charge in [-0.15, -0.1) is 0 Å². The summed E-state index contributed by atoms with van der Waals surface area (Å²) in [6, 6.07) is 7.35. The molecule has 1 amide bonds. The zero-order chi connectivity index (χ0) is 20.1. The second kappa shape index (κ2) is 6.43. The van der Waals surface area contributed by atoms with Crippen LogP contribution in [0.5, 0.6) is 0 Å². The van der Waals surface area contributed by atoms with Crippen molar-refractivity contribution in [3.63, 3.8) is 0 Å². The SMILES string of the molecule is Cn1ncc(-c2nc(C3CC3)no2)c1NC(=O)Cn1c(=O)n(C)c2ccccc21. The molecule has 29 heavy (non-hydrogen) atoms. The molecule has 4 aromatic rings. The molecule has 0 bridgehead atoms. The van der Waals surface area contributed by atoms with Gasteiger partial charge in [-0.3, -0.25) is 18.6 Å². The van der Waals surface area contributed by atoms with E-state index in [9.17, 15) is 9.59 Å². The van der Waals surface area contributed by atoms with Gasteiger partial charge in [0.1, 0.15) is 17.9 Å².